The van der Waals surface area contributed by atoms with Crippen LogP contribution in [0.15, 0.2) is 58.3 Å². The third-order valence-corrected chi connectivity index (χ3v) is 4.84. The summed E-state index contributed by atoms with van der Waals surface area (Å²) in [5.74, 6) is 1.01. The molecular weight excluding hydrogens is 366 g/mol. The van der Waals surface area contributed by atoms with E-state index in [1.165, 1.54) is 18.8 Å². The third kappa shape index (κ3) is 4.56. The van der Waals surface area contributed by atoms with Crippen molar-refractivity contribution in [3.05, 3.63) is 54.5 Å². The van der Waals surface area contributed by atoms with Gasteiger partial charge in [-0.2, -0.15) is 0 Å². The van der Waals surface area contributed by atoms with Crippen LogP contribution >= 0.6 is 11.8 Å². The lowest BCUT2D eigenvalue weighted by atomic mass is 10.2. The predicted molar refractivity (Wildman–Crippen MR) is 101 cm³/mol. The van der Waals surface area contributed by atoms with E-state index in [1.807, 2.05) is 47.0 Å². The van der Waals surface area contributed by atoms with Gasteiger partial charge in [-0.1, -0.05) is 42.1 Å². The van der Waals surface area contributed by atoms with Gasteiger partial charge < -0.3 is 9.73 Å². The van der Waals surface area contributed by atoms with Crippen LogP contribution < -0.4 is 10.6 Å². The van der Waals surface area contributed by atoms with E-state index < -0.39 is 17.2 Å². The van der Waals surface area contributed by atoms with Crippen LogP contribution in [0.25, 0.3) is 11.4 Å². The summed E-state index contributed by atoms with van der Waals surface area (Å²) in [5.41, 5.74) is 0.908. The summed E-state index contributed by atoms with van der Waals surface area (Å²) in [4.78, 5) is 23.5. The van der Waals surface area contributed by atoms with Crippen molar-refractivity contribution in [3.8, 4) is 11.4 Å². The van der Waals surface area contributed by atoms with Gasteiger partial charge in [-0.15, -0.1) is 10.2 Å². The average Bonchev–Trinajstić information content (AvgIpc) is 3.33. The quantitative estimate of drug-likeness (QED) is 0.632. The zero-order valence-electron chi connectivity index (χ0n) is 14.9. The number of carbonyl (C=O) groups is 2. The molecule has 8 nitrogen and oxygen atoms in total. The molecule has 1 atom stereocenters. The van der Waals surface area contributed by atoms with Gasteiger partial charge in [0, 0.05) is 12.6 Å². The fraction of sp³-hybridized carbons (Fsp3) is 0.222. The maximum Gasteiger partial charge on any atom is 0.321 e. The van der Waals surface area contributed by atoms with E-state index in [1.54, 1.807) is 13.2 Å². The minimum absolute atomic E-state index is 0.409. The Labute approximate surface area is 160 Å². The number of nitrogens with zero attached hydrogens (tertiary/aromatic N) is 3. The molecule has 0 fully saturated rings. The highest BCUT2D eigenvalue weighted by atomic mass is 32.2. The van der Waals surface area contributed by atoms with E-state index in [2.05, 4.69) is 20.8 Å². The topological polar surface area (TPSA) is 102 Å². The lowest BCUT2D eigenvalue weighted by Gasteiger charge is -2.12. The first-order valence-corrected chi connectivity index (χ1v) is 9.16. The normalized spacial score (nSPS) is 11.8. The van der Waals surface area contributed by atoms with Crippen LogP contribution in [0.1, 0.15) is 12.7 Å². The second-order valence-corrected chi connectivity index (χ2v) is 6.97. The van der Waals surface area contributed by atoms with Crippen LogP contribution in [-0.4, -0.2) is 39.0 Å². The van der Waals surface area contributed by atoms with E-state index >= 15 is 0 Å². The highest BCUT2D eigenvalue weighted by molar-refractivity contribution is 8.00. The molecule has 0 aliphatic carbocycles. The number of aromatic nitrogens is 3. The lowest BCUT2D eigenvalue weighted by Crippen LogP contribution is -2.41. The minimum atomic E-state index is -0.547. The number of thioether (sulfide) groups is 1. The van der Waals surface area contributed by atoms with Crippen LogP contribution in [0.3, 0.4) is 0 Å². The first-order chi connectivity index (χ1) is 13.1. The maximum atomic E-state index is 12.2. The van der Waals surface area contributed by atoms with Gasteiger partial charge in [0.05, 0.1) is 18.1 Å². The highest BCUT2D eigenvalue weighted by Gasteiger charge is 2.22. The monoisotopic (exact) mass is 385 g/mol. The van der Waals surface area contributed by atoms with Crippen LogP contribution in [0, 0.1) is 0 Å². The summed E-state index contributed by atoms with van der Waals surface area (Å²) in [7, 11) is 1.45. The number of rotatable bonds is 6. The first-order valence-electron chi connectivity index (χ1n) is 8.28. The smallest absolute Gasteiger partial charge is 0.321 e. The number of imide groups is 1. The zero-order valence-corrected chi connectivity index (χ0v) is 15.7. The van der Waals surface area contributed by atoms with Crippen LogP contribution in [0.4, 0.5) is 4.79 Å². The van der Waals surface area contributed by atoms with Gasteiger partial charge in [-0.25, -0.2) is 4.79 Å². The molecule has 0 saturated heterocycles. The van der Waals surface area contributed by atoms with Crippen molar-refractivity contribution < 1.29 is 14.0 Å². The number of urea groups is 1. The molecule has 3 aromatic rings. The zero-order chi connectivity index (χ0) is 19.2. The van der Waals surface area contributed by atoms with Gasteiger partial charge >= 0.3 is 6.03 Å². The van der Waals surface area contributed by atoms with Gasteiger partial charge in [0.25, 0.3) is 0 Å². The number of carbonyl (C=O) groups excluding carboxylic acids is 2. The molecule has 1 aromatic carbocycles. The van der Waals surface area contributed by atoms with E-state index in [9.17, 15) is 9.59 Å². The summed E-state index contributed by atoms with van der Waals surface area (Å²) >= 11 is 1.22. The lowest BCUT2D eigenvalue weighted by molar-refractivity contribution is -0.119. The highest BCUT2D eigenvalue weighted by Crippen LogP contribution is 2.27. The SMILES string of the molecule is CNC(=O)NC(=O)[C@@H](C)Sc1nnc(-c2ccccc2)n1Cc1ccco1. The Hall–Kier alpha value is -3.07. The fourth-order valence-electron chi connectivity index (χ4n) is 2.37. The van der Waals surface area contributed by atoms with Gasteiger partial charge in [0.1, 0.15) is 5.76 Å². The van der Waals surface area contributed by atoms with Crippen molar-refractivity contribution in [2.45, 2.75) is 23.9 Å². The molecule has 2 N–H and O–H groups in total. The van der Waals surface area contributed by atoms with Crippen LogP contribution in [0.5, 0.6) is 0 Å². The number of amides is 3. The molecule has 9 heteroatoms. The molecule has 3 amide bonds. The fourth-order valence-corrected chi connectivity index (χ4v) is 3.21. The Balaban J connectivity index is 1.87. The molecule has 27 heavy (non-hydrogen) atoms. The number of hydrogen-bond donors (Lipinski definition) is 2. The van der Waals surface area contributed by atoms with Gasteiger partial charge in [-0.05, 0) is 19.1 Å². The van der Waals surface area contributed by atoms with Crippen molar-refractivity contribution in [1.29, 1.82) is 0 Å². The number of benzene rings is 1. The molecule has 2 aromatic heterocycles. The number of hydrogen-bond acceptors (Lipinski definition) is 6. The van der Waals surface area contributed by atoms with Crippen molar-refractivity contribution in [1.82, 2.24) is 25.4 Å². The molecule has 0 aliphatic rings. The van der Waals surface area contributed by atoms with Gasteiger partial charge in [-0.3, -0.25) is 14.7 Å². The Kier molecular flexibility index (Phi) is 5.92. The standard InChI is InChI=1S/C18H19N5O3S/c1-12(16(24)20-17(25)19-2)27-18-22-21-15(13-7-4-3-5-8-13)23(18)11-14-9-6-10-26-14/h3-10,12H,11H2,1-2H3,(H2,19,20,24,25)/t12-/m1/s1. The summed E-state index contributed by atoms with van der Waals surface area (Å²) in [6.45, 7) is 2.13. The molecule has 2 heterocycles. The van der Waals surface area contributed by atoms with Crippen LogP contribution in [-0.2, 0) is 11.3 Å². The Bertz CT molecular complexity index is 908. The molecule has 0 aliphatic heterocycles. The summed E-state index contributed by atoms with van der Waals surface area (Å²) in [6.07, 6.45) is 1.61. The summed E-state index contributed by atoms with van der Waals surface area (Å²) in [6, 6.07) is 12.8. The van der Waals surface area contributed by atoms with Gasteiger partial charge in [0.15, 0.2) is 11.0 Å². The number of nitrogens with one attached hydrogen (secondary N) is 2. The average molecular weight is 385 g/mol. The molecule has 0 saturated carbocycles. The molecule has 0 spiro atoms. The molecular formula is C18H19N5O3S. The third-order valence-electron chi connectivity index (χ3n) is 3.76. The first kappa shape index (κ1) is 18.7. The molecule has 140 valence electrons. The van der Waals surface area contributed by atoms with Gasteiger partial charge in [0.2, 0.25) is 5.91 Å². The Morgan fingerprint density at radius 3 is 2.63 bits per heavy atom. The van der Waals surface area contributed by atoms with Crippen molar-refractivity contribution in [2.24, 2.45) is 0 Å². The van der Waals surface area contributed by atoms with Crippen LogP contribution in [0.2, 0.25) is 0 Å². The van der Waals surface area contributed by atoms with E-state index in [0.717, 1.165) is 11.3 Å². The summed E-state index contributed by atoms with van der Waals surface area (Å²) in [5, 5.41) is 13.2. The van der Waals surface area contributed by atoms with Crippen molar-refractivity contribution in [3.63, 3.8) is 0 Å². The molecule has 3 rings (SSSR count). The number of furan rings is 1. The van der Waals surface area contributed by atoms with E-state index in [-0.39, 0.29) is 0 Å². The minimum Gasteiger partial charge on any atom is -0.467 e. The molecule has 0 bridgehead atoms. The molecule has 0 radical (unpaired) electrons. The molecule has 0 unspecified atom stereocenters. The summed E-state index contributed by atoms with van der Waals surface area (Å²) < 4.78 is 7.35. The Morgan fingerprint density at radius 2 is 1.96 bits per heavy atom. The maximum absolute atomic E-state index is 12.2. The Morgan fingerprint density at radius 1 is 1.19 bits per heavy atom. The van der Waals surface area contributed by atoms with Crippen molar-refractivity contribution >= 4 is 23.7 Å². The van der Waals surface area contributed by atoms with E-state index in [4.69, 9.17) is 4.42 Å². The largest absolute Gasteiger partial charge is 0.467 e. The second-order valence-electron chi connectivity index (χ2n) is 5.67. The van der Waals surface area contributed by atoms with E-state index in [0.29, 0.717) is 17.5 Å². The predicted octanol–water partition coefficient (Wildman–Crippen LogP) is 2.52. The second kappa shape index (κ2) is 8.54. The van der Waals surface area contributed by atoms with Crippen molar-refractivity contribution in [2.75, 3.05) is 7.05 Å².